The van der Waals surface area contributed by atoms with Crippen LogP contribution in [-0.4, -0.2) is 36.6 Å². The zero-order chi connectivity index (χ0) is 13.7. The van der Waals surface area contributed by atoms with Gasteiger partial charge in [-0.1, -0.05) is 6.42 Å². The van der Waals surface area contributed by atoms with Crippen molar-refractivity contribution in [3.05, 3.63) is 0 Å². The van der Waals surface area contributed by atoms with E-state index in [-0.39, 0.29) is 17.7 Å². The average molecular weight is 268 g/mol. The third kappa shape index (κ3) is 4.20. The van der Waals surface area contributed by atoms with Crippen molar-refractivity contribution < 1.29 is 14.7 Å². The highest BCUT2D eigenvalue weighted by Crippen LogP contribution is 2.31. The van der Waals surface area contributed by atoms with E-state index in [4.69, 9.17) is 5.11 Å². The molecule has 1 aliphatic carbocycles. The van der Waals surface area contributed by atoms with Gasteiger partial charge in [-0.05, 0) is 50.6 Å². The van der Waals surface area contributed by atoms with E-state index in [0.717, 1.165) is 45.2 Å². The number of piperidine rings is 1. The molecule has 0 bridgehead atoms. The van der Waals surface area contributed by atoms with Crippen LogP contribution < -0.4 is 10.6 Å². The van der Waals surface area contributed by atoms with Crippen LogP contribution >= 0.6 is 0 Å². The zero-order valence-corrected chi connectivity index (χ0v) is 11.4. The lowest BCUT2D eigenvalue weighted by atomic mass is 9.93. The number of aliphatic carboxylic acids is 1. The number of rotatable bonds is 5. The van der Waals surface area contributed by atoms with Crippen molar-refractivity contribution in [3.8, 4) is 0 Å². The van der Waals surface area contributed by atoms with Gasteiger partial charge in [0.15, 0.2) is 0 Å². The maximum atomic E-state index is 11.9. The van der Waals surface area contributed by atoms with Crippen molar-refractivity contribution >= 4 is 11.9 Å². The third-order valence-electron chi connectivity index (χ3n) is 4.47. The summed E-state index contributed by atoms with van der Waals surface area (Å²) in [7, 11) is 0. The van der Waals surface area contributed by atoms with Gasteiger partial charge >= 0.3 is 5.97 Å². The molecule has 3 N–H and O–H groups in total. The van der Waals surface area contributed by atoms with Crippen molar-refractivity contribution in [1.82, 2.24) is 10.6 Å². The normalized spacial score (nSPS) is 28.2. The van der Waals surface area contributed by atoms with Crippen LogP contribution in [0.1, 0.15) is 38.5 Å². The predicted molar refractivity (Wildman–Crippen MR) is 71.7 cm³/mol. The molecule has 5 heteroatoms. The van der Waals surface area contributed by atoms with Crippen LogP contribution in [0.15, 0.2) is 0 Å². The molecular formula is C14H24N2O3. The van der Waals surface area contributed by atoms with Gasteiger partial charge in [-0.25, -0.2) is 0 Å². The molecule has 0 spiro atoms. The predicted octanol–water partition coefficient (Wildman–Crippen LogP) is 0.993. The van der Waals surface area contributed by atoms with Crippen LogP contribution in [0.3, 0.4) is 0 Å². The quantitative estimate of drug-likeness (QED) is 0.695. The molecule has 2 rings (SSSR count). The van der Waals surface area contributed by atoms with Crippen LogP contribution in [0.2, 0.25) is 0 Å². The monoisotopic (exact) mass is 268 g/mol. The highest BCUT2D eigenvalue weighted by Gasteiger charge is 2.32. The fourth-order valence-corrected chi connectivity index (χ4v) is 3.27. The number of carboxylic acid groups (broad SMARTS) is 1. The zero-order valence-electron chi connectivity index (χ0n) is 11.4. The van der Waals surface area contributed by atoms with Crippen LogP contribution in [0.5, 0.6) is 0 Å². The van der Waals surface area contributed by atoms with Gasteiger partial charge in [-0.2, -0.15) is 0 Å². The van der Waals surface area contributed by atoms with Crippen LogP contribution in [0.4, 0.5) is 0 Å². The summed E-state index contributed by atoms with van der Waals surface area (Å²) in [6.07, 6.45) is 5.36. The Kier molecular flexibility index (Phi) is 5.19. The minimum atomic E-state index is -0.713. The van der Waals surface area contributed by atoms with Gasteiger partial charge in [0, 0.05) is 13.0 Å². The van der Waals surface area contributed by atoms with Gasteiger partial charge in [-0.3, -0.25) is 9.59 Å². The minimum Gasteiger partial charge on any atom is -0.481 e. The SMILES string of the molecule is O=C(CC1CCNCC1)NCC1CCCC1C(=O)O. The second-order valence-electron chi connectivity index (χ2n) is 5.84. The summed E-state index contributed by atoms with van der Waals surface area (Å²) in [5.41, 5.74) is 0. The first-order valence-electron chi connectivity index (χ1n) is 7.37. The van der Waals surface area contributed by atoms with E-state index in [1.54, 1.807) is 0 Å². The summed E-state index contributed by atoms with van der Waals surface area (Å²) in [6.45, 7) is 2.53. The second kappa shape index (κ2) is 6.89. The molecule has 0 aromatic heterocycles. The van der Waals surface area contributed by atoms with Gasteiger partial charge in [0.05, 0.1) is 5.92 Å². The second-order valence-corrected chi connectivity index (χ2v) is 5.84. The molecule has 108 valence electrons. The molecule has 19 heavy (non-hydrogen) atoms. The minimum absolute atomic E-state index is 0.0861. The average Bonchev–Trinajstić information content (AvgIpc) is 2.86. The number of hydrogen-bond donors (Lipinski definition) is 3. The number of nitrogens with one attached hydrogen (secondary N) is 2. The highest BCUT2D eigenvalue weighted by atomic mass is 16.4. The largest absolute Gasteiger partial charge is 0.481 e. The molecule has 2 atom stereocenters. The van der Waals surface area contributed by atoms with Crippen molar-refractivity contribution in [3.63, 3.8) is 0 Å². The number of amides is 1. The Morgan fingerprint density at radius 3 is 2.58 bits per heavy atom. The summed E-state index contributed by atoms with van der Waals surface area (Å²) >= 11 is 0. The lowest BCUT2D eigenvalue weighted by Crippen LogP contribution is -2.35. The molecule has 1 saturated heterocycles. The first kappa shape index (κ1) is 14.3. The van der Waals surface area contributed by atoms with Crippen molar-refractivity contribution in [2.75, 3.05) is 19.6 Å². The molecule has 2 unspecified atom stereocenters. The number of carboxylic acids is 1. The van der Waals surface area contributed by atoms with Crippen molar-refractivity contribution in [2.24, 2.45) is 17.8 Å². The Hall–Kier alpha value is -1.10. The van der Waals surface area contributed by atoms with Gasteiger partial charge in [0.25, 0.3) is 0 Å². The van der Waals surface area contributed by atoms with Crippen molar-refractivity contribution in [2.45, 2.75) is 38.5 Å². The van der Waals surface area contributed by atoms with Crippen LogP contribution in [0.25, 0.3) is 0 Å². The third-order valence-corrected chi connectivity index (χ3v) is 4.47. The molecule has 2 fully saturated rings. The van der Waals surface area contributed by atoms with Gasteiger partial charge < -0.3 is 15.7 Å². The molecule has 0 radical (unpaired) electrons. The van der Waals surface area contributed by atoms with Gasteiger partial charge in [0.1, 0.15) is 0 Å². The Balaban J connectivity index is 1.69. The lowest BCUT2D eigenvalue weighted by molar-refractivity contribution is -0.143. The molecule has 0 aromatic rings. The van der Waals surface area contributed by atoms with Gasteiger partial charge in [0.2, 0.25) is 5.91 Å². The fraction of sp³-hybridized carbons (Fsp3) is 0.857. The summed E-state index contributed by atoms with van der Waals surface area (Å²) in [6, 6.07) is 0. The van der Waals surface area contributed by atoms with E-state index >= 15 is 0 Å². The van der Waals surface area contributed by atoms with E-state index in [1.807, 2.05) is 0 Å². The Morgan fingerprint density at radius 1 is 1.16 bits per heavy atom. The number of carbonyl (C=O) groups is 2. The van der Waals surface area contributed by atoms with Crippen LogP contribution in [0, 0.1) is 17.8 Å². The Bertz CT molecular complexity index is 327. The maximum Gasteiger partial charge on any atom is 0.306 e. The molecular weight excluding hydrogens is 244 g/mol. The van der Waals surface area contributed by atoms with E-state index in [2.05, 4.69) is 10.6 Å². The summed E-state index contributed by atoms with van der Waals surface area (Å²) < 4.78 is 0. The molecule has 2 aliphatic rings. The van der Waals surface area contributed by atoms with Crippen LogP contribution in [-0.2, 0) is 9.59 Å². The van der Waals surface area contributed by atoms with E-state index in [9.17, 15) is 9.59 Å². The summed E-state index contributed by atoms with van der Waals surface area (Å²) in [5.74, 6) is -0.285. The molecule has 1 saturated carbocycles. The summed E-state index contributed by atoms with van der Waals surface area (Å²) in [4.78, 5) is 22.9. The standard InChI is InChI=1S/C14H24N2O3/c17-13(8-10-4-6-15-7-5-10)16-9-11-2-1-3-12(11)14(18)19/h10-12,15H,1-9H2,(H,16,17)(H,18,19). The van der Waals surface area contributed by atoms with E-state index in [1.165, 1.54) is 0 Å². The van der Waals surface area contributed by atoms with Gasteiger partial charge in [-0.15, -0.1) is 0 Å². The van der Waals surface area contributed by atoms with Crippen molar-refractivity contribution in [1.29, 1.82) is 0 Å². The molecule has 0 aromatic carbocycles. The van der Waals surface area contributed by atoms with E-state index in [0.29, 0.717) is 18.9 Å². The highest BCUT2D eigenvalue weighted by molar-refractivity contribution is 5.76. The lowest BCUT2D eigenvalue weighted by Gasteiger charge is -2.22. The Morgan fingerprint density at radius 2 is 1.89 bits per heavy atom. The first-order valence-corrected chi connectivity index (χ1v) is 7.37. The Labute approximate surface area is 114 Å². The fourth-order valence-electron chi connectivity index (χ4n) is 3.27. The number of hydrogen-bond acceptors (Lipinski definition) is 3. The molecule has 5 nitrogen and oxygen atoms in total. The topological polar surface area (TPSA) is 78.4 Å². The smallest absolute Gasteiger partial charge is 0.306 e. The summed E-state index contributed by atoms with van der Waals surface area (Å²) in [5, 5.41) is 15.3. The molecule has 1 amide bonds. The number of carbonyl (C=O) groups excluding carboxylic acids is 1. The molecule has 1 aliphatic heterocycles. The van der Waals surface area contributed by atoms with E-state index < -0.39 is 5.97 Å². The molecule has 1 heterocycles. The maximum absolute atomic E-state index is 11.9. The first-order chi connectivity index (χ1) is 9.16.